The molecule has 0 spiro atoms. The highest BCUT2D eigenvalue weighted by Gasteiger charge is 2.40. The Morgan fingerprint density at radius 2 is 1.88 bits per heavy atom. The fourth-order valence-corrected chi connectivity index (χ4v) is 6.78. The Morgan fingerprint density at radius 3 is 2.55 bits per heavy atom. The monoisotopic (exact) mass is 580 g/mol. The second-order valence-electron chi connectivity index (χ2n) is 10.7. The van der Waals surface area contributed by atoms with Gasteiger partial charge in [0.15, 0.2) is 0 Å². The highest BCUT2D eigenvalue weighted by Crippen LogP contribution is 2.32. The summed E-state index contributed by atoms with van der Waals surface area (Å²) in [5.74, 6) is -0.557. The molecule has 0 bridgehead atoms. The first-order chi connectivity index (χ1) is 18.9. The Bertz CT molecular complexity index is 1330. The molecule has 1 saturated heterocycles. The van der Waals surface area contributed by atoms with Gasteiger partial charge in [0.05, 0.1) is 22.9 Å². The van der Waals surface area contributed by atoms with Crippen LogP contribution in [0, 0.1) is 5.92 Å². The van der Waals surface area contributed by atoms with Gasteiger partial charge < -0.3 is 16.0 Å². The summed E-state index contributed by atoms with van der Waals surface area (Å²) in [6.45, 7) is 5.88. The average molecular weight is 581 g/mol. The SMILES string of the molecule is CC(C)CNCc1ccc2c(c1)CCC[C@H]2NC(=O)C[C@@H]1C(=O)NCCN1S(=O)(=O)c1ccc(C(F)(F)F)cc1. The molecule has 12 heteroatoms. The van der Waals surface area contributed by atoms with Crippen molar-refractivity contribution in [2.24, 2.45) is 5.92 Å². The number of nitrogens with zero attached hydrogens (tertiary/aromatic N) is 1. The molecule has 2 aromatic rings. The van der Waals surface area contributed by atoms with E-state index in [4.69, 9.17) is 0 Å². The third kappa shape index (κ3) is 7.02. The summed E-state index contributed by atoms with van der Waals surface area (Å²) in [5.41, 5.74) is 2.34. The molecule has 1 heterocycles. The number of piperazine rings is 1. The number of carbonyl (C=O) groups is 2. The fourth-order valence-electron chi connectivity index (χ4n) is 5.19. The van der Waals surface area contributed by atoms with E-state index in [1.54, 1.807) is 0 Å². The van der Waals surface area contributed by atoms with E-state index in [1.807, 2.05) is 12.1 Å². The first kappa shape index (κ1) is 30.0. The van der Waals surface area contributed by atoms with Crippen molar-refractivity contribution in [1.29, 1.82) is 0 Å². The molecule has 8 nitrogen and oxygen atoms in total. The summed E-state index contributed by atoms with van der Waals surface area (Å²) in [6, 6.07) is 7.72. The molecule has 2 aliphatic rings. The first-order valence-electron chi connectivity index (χ1n) is 13.4. The molecule has 0 unspecified atom stereocenters. The zero-order valence-corrected chi connectivity index (χ0v) is 23.4. The summed E-state index contributed by atoms with van der Waals surface area (Å²) in [4.78, 5) is 25.5. The van der Waals surface area contributed by atoms with Gasteiger partial charge in [0.1, 0.15) is 6.04 Å². The van der Waals surface area contributed by atoms with Gasteiger partial charge in [0.25, 0.3) is 0 Å². The third-order valence-electron chi connectivity index (χ3n) is 7.19. The van der Waals surface area contributed by atoms with Crippen LogP contribution in [0.4, 0.5) is 13.2 Å². The highest BCUT2D eigenvalue weighted by atomic mass is 32.2. The number of hydrogen-bond donors (Lipinski definition) is 3. The van der Waals surface area contributed by atoms with Crippen LogP contribution in [0.2, 0.25) is 0 Å². The molecule has 1 aliphatic heterocycles. The predicted molar refractivity (Wildman–Crippen MR) is 144 cm³/mol. The van der Waals surface area contributed by atoms with Gasteiger partial charge in [0, 0.05) is 19.6 Å². The van der Waals surface area contributed by atoms with Crippen LogP contribution in [0.1, 0.15) is 61.4 Å². The number of alkyl halides is 3. The van der Waals surface area contributed by atoms with Crippen molar-refractivity contribution in [3.63, 3.8) is 0 Å². The number of benzene rings is 2. The van der Waals surface area contributed by atoms with Crippen LogP contribution in [0.15, 0.2) is 47.4 Å². The minimum Gasteiger partial charge on any atom is -0.353 e. The van der Waals surface area contributed by atoms with Crippen LogP contribution >= 0.6 is 0 Å². The van der Waals surface area contributed by atoms with Crippen LogP contribution in [-0.2, 0) is 38.8 Å². The van der Waals surface area contributed by atoms with Gasteiger partial charge in [-0.3, -0.25) is 9.59 Å². The lowest BCUT2D eigenvalue weighted by atomic mass is 9.86. The van der Waals surface area contributed by atoms with Crippen LogP contribution in [-0.4, -0.2) is 50.2 Å². The van der Waals surface area contributed by atoms with Crippen molar-refractivity contribution >= 4 is 21.8 Å². The van der Waals surface area contributed by atoms with Crippen LogP contribution in [0.5, 0.6) is 0 Å². The molecule has 2 amide bonds. The van der Waals surface area contributed by atoms with E-state index in [-0.39, 0.29) is 24.0 Å². The maximum atomic E-state index is 13.3. The molecule has 4 rings (SSSR count). The molecule has 2 aromatic carbocycles. The molecular weight excluding hydrogens is 545 g/mol. The molecule has 3 N–H and O–H groups in total. The molecule has 0 saturated carbocycles. The van der Waals surface area contributed by atoms with Crippen LogP contribution in [0.25, 0.3) is 0 Å². The maximum Gasteiger partial charge on any atom is 0.416 e. The van der Waals surface area contributed by atoms with E-state index < -0.39 is 46.0 Å². The number of sulfonamides is 1. The average Bonchev–Trinajstić information content (AvgIpc) is 2.89. The minimum atomic E-state index is -4.61. The van der Waals surface area contributed by atoms with Gasteiger partial charge in [-0.25, -0.2) is 8.42 Å². The lowest BCUT2D eigenvalue weighted by molar-refractivity contribution is -0.137. The van der Waals surface area contributed by atoms with E-state index in [9.17, 15) is 31.2 Å². The largest absolute Gasteiger partial charge is 0.416 e. The van der Waals surface area contributed by atoms with Gasteiger partial charge in [-0.05, 0) is 72.7 Å². The van der Waals surface area contributed by atoms with Gasteiger partial charge in [0.2, 0.25) is 21.8 Å². The summed E-state index contributed by atoms with van der Waals surface area (Å²) in [6.07, 6.45) is -2.54. The van der Waals surface area contributed by atoms with Crippen molar-refractivity contribution in [3.05, 3.63) is 64.7 Å². The quantitative estimate of drug-likeness (QED) is 0.421. The molecule has 0 radical (unpaired) electrons. The van der Waals surface area contributed by atoms with Crippen molar-refractivity contribution in [2.45, 2.75) is 69.2 Å². The Morgan fingerprint density at radius 1 is 1.15 bits per heavy atom. The number of fused-ring (bicyclic) bond motifs is 1. The summed E-state index contributed by atoms with van der Waals surface area (Å²) >= 11 is 0. The Hall–Kier alpha value is -2.96. The second kappa shape index (κ2) is 12.3. The second-order valence-corrected chi connectivity index (χ2v) is 12.6. The van der Waals surface area contributed by atoms with Gasteiger partial charge in [-0.1, -0.05) is 32.0 Å². The molecule has 0 aromatic heterocycles. The Balaban J connectivity index is 1.46. The number of carbonyl (C=O) groups excluding carboxylic acids is 2. The smallest absolute Gasteiger partial charge is 0.353 e. The number of amides is 2. The van der Waals surface area contributed by atoms with Gasteiger partial charge >= 0.3 is 6.18 Å². The molecule has 1 aliphatic carbocycles. The number of nitrogens with one attached hydrogen (secondary N) is 3. The molecule has 2 atom stereocenters. The van der Waals surface area contributed by atoms with Crippen molar-refractivity contribution < 1.29 is 31.2 Å². The molecular formula is C28H35F3N4O4S. The number of halogens is 3. The van der Waals surface area contributed by atoms with Crippen molar-refractivity contribution in [2.75, 3.05) is 19.6 Å². The standard InChI is InChI=1S/C28H35F3N4O4S/c1-18(2)16-32-17-19-6-11-23-20(14-19)4-3-5-24(23)34-26(36)15-25-27(37)33-12-13-35(25)40(38,39)22-9-7-21(8-10-22)28(29,30)31/h6-11,14,18,24-25,32H,3-5,12-13,15-17H2,1-2H3,(H,33,37)(H,34,36)/t24-,25-/m1/s1. The van der Waals surface area contributed by atoms with E-state index in [0.29, 0.717) is 24.5 Å². The lowest BCUT2D eigenvalue weighted by Crippen LogP contribution is -2.58. The lowest BCUT2D eigenvalue weighted by Gasteiger charge is -2.34. The number of aryl methyl sites for hydroxylation is 1. The van der Waals surface area contributed by atoms with E-state index >= 15 is 0 Å². The number of hydrogen-bond acceptors (Lipinski definition) is 5. The zero-order chi connectivity index (χ0) is 29.1. The van der Waals surface area contributed by atoms with Crippen molar-refractivity contribution in [3.8, 4) is 0 Å². The zero-order valence-electron chi connectivity index (χ0n) is 22.6. The van der Waals surface area contributed by atoms with Gasteiger partial charge in [-0.15, -0.1) is 0 Å². The minimum absolute atomic E-state index is 0.0289. The summed E-state index contributed by atoms with van der Waals surface area (Å²) < 4.78 is 66.4. The molecule has 40 heavy (non-hydrogen) atoms. The van der Waals surface area contributed by atoms with E-state index in [2.05, 4.69) is 35.9 Å². The summed E-state index contributed by atoms with van der Waals surface area (Å²) in [5, 5.41) is 8.99. The normalized spacial score (nSPS) is 20.2. The maximum absolute atomic E-state index is 13.3. The molecule has 218 valence electrons. The van der Waals surface area contributed by atoms with E-state index in [0.717, 1.165) is 59.1 Å². The van der Waals surface area contributed by atoms with Crippen LogP contribution in [0.3, 0.4) is 0 Å². The van der Waals surface area contributed by atoms with Crippen molar-refractivity contribution in [1.82, 2.24) is 20.3 Å². The Kier molecular flexibility index (Phi) is 9.21. The van der Waals surface area contributed by atoms with E-state index in [1.165, 1.54) is 0 Å². The number of rotatable bonds is 9. The topological polar surface area (TPSA) is 108 Å². The summed E-state index contributed by atoms with van der Waals surface area (Å²) in [7, 11) is -4.33. The van der Waals surface area contributed by atoms with Gasteiger partial charge in [-0.2, -0.15) is 17.5 Å². The van der Waals surface area contributed by atoms with Crippen LogP contribution < -0.4 is 16.0 Å². The molecule has 1 fully saturated rings. The highest BCUT2D eigenvalue weighted by molar-refractivity contribution is 7.89. The first-order valence-corrected chi connectivity index (χ1v) is 14.9. The third-order valence-corrected chi connectivity index (χ3v) is 9.11. The Labute approximate surface area is 232 Å². The predicted octanol–water partition coefficient (Wildman–Crippen LogP) is 3.52. The fraction of sp³-hybridized carbons (Fsp3) is 0.500.